The molecular weight excluding hydrogens is 293 g/mol. The second-order valence-corrected chi connectivity index (χ2v) is 8.60. The first-order valence-corrected chi connectivity index (χ1v) is 8.82. The van der Waals surface area contributed by atoms with Crippen LogP contribution in [0.4, 0.5) is 11.4 Å². The average Bonchev–Trinajstić information content (AvgIpc) is 2.49. The molecule has 2 aromatic carbocycles. The van der Waals surface area contributed by atoms with Crippen molar-refractivity contribution in [2.75, 3.05) is 5.32 Å². The summed E-state index contributed by atoms with van der Waals surface area (Å²) in [6.45, 7) is 11.6. The van der Waals surface area contributed by atoms with Gasteiger partial charge in [-0.15, -0.1) is 0 Å². The van der Waals surface area contributed by atoms with E-state index in [4.69, 9.17) is 0 Å². The van der Waals surface area contributed by atoms with Gasteiger partial charge in [-0.3, -0.25) is 0 Å². The van der Waals surface area contributed by atoms with Crippen LogP contribution < -0.4 is 10.8 Å². The van der Waals surface area contributed by atoms with E-state index in [0.29, 0.717) is 5.75 Å². The Bertz CT molecular complexity index is 793. The maximum Gasteiger partial charge on any atom is 0.142 e. The Hall–Kier alpha value is -1.90. The second kappa shape index (κ2) is 5.58. The predicted octanol–water partition coefficient (Wildman–Crippen LogP) is 4.05. The summed E-state index contributed by atoms with van der Waals surface area (Å²) < 4.78 is 0. The van der Waals surface area contributed by atoms with Crippen molar-refractivity contribution in [2.45, 2.75) is 58.3 Å². The first kappa shape index (κ1) is 16.9. The topological polar surface area (TPSA) is 32.3 Å². The number of rotatable bonds is 2. The number of hydrogen-bond acceptors (Lipinski definition) is 2. The van der Waals surface area contributed by atoms with Crippen LogP contribution in [-0.4, -0.2) is 13.0 Å². The van der Waals surface area contributed by atoms with Crippen molar-refractivity contribution in [3.63, 3.8) is 0 Å². The summed E-state index contributed by atoms with van der Waals surface area (Å²) in [7, 11) is 2.06. The third-order valence-corrected chi connectivity index (χ3v) is 5.69. The van der Waals surface area contributed by atoms with Gasteiger partial charge in [-0.25, -0.2) is 0 Å². The SMILES string of the molecule is Bc1ccc(O)cc1Nc1cc2c(cc1C)C(C)(C)CCC2(C)C. The smallest absolute Gasteiger partial charge is 0.142 e. The quantitative estimate of drug-likeness (QED) is 0.818. The highest BCUT2D eigenvalue weighted by molar-refractivity contribution is 6.36. The van der Waals surface area contributed by atoms with Crippen molar-refractivity contribution in [1.29, 1.82) is 0 Å². The number of benzene rings is 2. The molecule has 0 spiro atoms. The summed E-state index contributed by atoms with van der Waals surface area (Å²) in [5.41, 5.74) is 7.84. The van der Waals surface area contributed by atoms with E-state index < -0.39 is 0 Å². The lowest BCUT2D eigenvalue weighted by Crippen LogP contribution is -2.34. The first-order chi connectivity index (χ1) is 11.1. The highest BCUT2D eigenvalue weighted by Crippen LogP contribution is 2.47. The molecular formula is C21H28BNO. The molecule has 0 radical (unpaired) electrons. The normalized spacial score (nSPS) is 18.0. The largest absolute Gasteiger partial charge is 0.508 e. The number of aromatic hydroxyl groups is 1. The van der Waals surface area contributed by atoms with Crippen LogP contribution >= 0.6 is 0 Å². The molecule has 1 aliphatic carbocycles. The third kappa shape index (κ3) is 2.92. The van der Waals surface area contributed by atoms with Gasteiger partial charge in [0.25, 0.3) is 0 Å². The van der Waals surface area contributed by atoms with Gasteiger partial charge in [-0.1, -0.05) is 45.3 Å². The van der Waals surface area contributed by atoms with E-state index >= 15 is 0 Å². The number of fused-ring (bicyclic) bond motifs is 1. The van der Waals surface area contributed by atoms with Crippen LogP contribution in [0.5, 0.6) is 5.75 Å². The maximum atomic E-state index is 9.79. The van der Waals surface area contributed by atoms with Gasteiger partial charge in [0.2, 0.25) is 0 Å². The monoisotopic (exact) mass is 321 g/mol. The minimum absolute atomic E-state index is 0.197. The molecule has 24 heavy (non-hydrogen) atoms. The molecule has 0 bridgehead atoms. The van der Waals surface area contributed by atoms with Gasteiger partial charge < -0.3 is 10.4 Å². The molecule has 0 aliphatic heterocycles. The first-order valence-electron chi connectivity index (χ1n) is 8.82. The van der Waals surface area contributed by atoms with Gasteiger partial charge in [0.05, 0.1) is 0 Å². The van der Waals surface area contributed by atoms with Crippen LogP contribution in [0.15, 0.2) is 30.3 Å². The van der Waals surface area contributed by atoms with E-state index in [1.807, 2.05) is 6.07 Å². The van der Waals surface area contributed by atoms with Crippen molar-refractivity contribution in [1.82, 2.24) is 0 Å². The average molecular weight is 321 g/mol. The lowest BCUT2D eigenvalue weighted by Gasteiger charge is -2.42. The molecule has 2 aromatic rings. The van der Waals surface area contributed by atoms with E-state index in [0.717, 1.165) is 16.8 Å². The summed E-state index contributed by atoms with van der Waals surface area (Å²) in [6.07, 6.45) is 2.44. The van der Waals surface area contributed by atoms with Crippen LogP contribution in [0.25, 0.3) is 0 Å². The Morgan fingerprint density at radius 3 is 2.12 bits per heavy atom. The third-order valence-electron chi connectivity index (χ3n) is 5.69. The van der Waals surface area contributed by atoms with Crippen LogP contribution in [0.3, 0.4) is 0 Å². The summed E-state index contributed by atoms with van der Waals surface area (Å²) >= 11 is 0. The summed E-state index contributed by atoms with van der Waals surface area (Å²) in [4.78, 5) is 0. The van der Waals surface area contributed by atoms with E-state index in [9.17, 15) is 5.11 Å². The van der Waals surface area contributed by atoms with Gasteiger partial charge in [0, 0.05) is 17.4 Å². The standard InChI is InChI=1S/C21H28BNO/c1-13-10-15-16(21(4,5)9-8-20(15,2)3)12-18(13)23-19-11-14(24)6-7-17(19)22/h6-7,10-12,23-24H,8-9,22H2,1-5H3. The van der Waals surface area contributed by atoms with Crippen molar-refractivity contribution in [3.05, 3.63) is 47.0 Å². The van der Waals surface area contributed by atoms with Gasteiger partial charge in [-0.2, -0.15) is 0 Å². The maximum absolute atomic E-state index is 9.79. The summed E-state index contributed by atoms with van der Waals surface area (Å²) in [6, 6.07) is 10.2. The van der Waals surface area contributed by atoms with Gasteiger partial charge in [0.1, 0.15) is 13.6 Å². The lowest BCUT2D eigenvalue weighted by atomic mass is 9.63. The highest BCUT2D eigenvalue weighted by Gasteiger charge is 2.37. The van der Waals surface area contributed by atoms with Crippen LogP contribution in [0.1, 0.15) is 57.2 Å². The molecule has 0 fully saturated rings. The predicted molar refractivity (Wildman–Crippen MR) is 106 cm³/mol. The minimum Gasteiger partial charge on any atom is -0.508 e. The number of phenols is 1. The molecule has 126 valence electrons. The number of nitrogens with one attached hydrogen (secondary N) is 1. The van der Waals surface area contributed by atoms with Gasteiger partial charge >= 0.3 is 0 Å². The number of aryl methyl sites for hydroxylation is 1. The molecule has 2 N–H and O–H groups in total. The fourth-order valence-corrected chi connectivity index (χ4v) is 3.75. The van der Waals surface area contributed by atoms with E-state index in [-0.39, 0.29) is 10.8 Å². The Balaban J connectivity index is 2.09. The number of anilines is 2. The van der Waals surface area contributed by atoms with Crippen molar-refractivity contribution in [2.24, 2.45) is 0 Å². The highest BCUT2D eigenvalue weighted by atomic mass is 16.3. The van der Waals surface area contributed by atoms with Crippen LogP contribution in [0, 0.1) is 6.92 Å². The van der Waals surface area contributed by atoms with Crippen molar-refractivity contribution >= 4 is 24.7 Å². The van der Waals surface area contributed by atoms with E-state index in [1.54, 1.807) is 12.1 Å². The molecule has 3 heteroatoms. The molecule has 0 heterocycles. The Kier molecular flexibility index (Phi) is 3.94. The zero-order valence-electron chi connectivity index (χ0n) is 15.7. The molecule has 0 saturated carbocycles. The van der Waals surface area contributed by atoms with E-state index in [1.165, 1.54) is 29.5 Å². The van der Waals surface area contributed by atoms with Gasteiger partial charge in [-0.05, 0) is 59.4 Å². The summed E-state index contributed by atoms with van der Waals surface area (Å²) in [5.74, 6) is 0.292. The Labute approximate surface area is 146 Å². The molecule has 1 aliphatic rings. The van der Waals surface area contributed by atoms with Crippen molar-refractivity contribution in [3.8, 4) is 5.75 Å². The zero-order chi connectivity index (χ0) is 17.7. The molecule has 0 amide bonds. The van der Waals surface area contributed by atoms with Crippen molar-refractivity contribution < 1.29 is 5.11 Å². The summed E-state index contributed by atoms with van der Waals surface area (Å²) in [5, 5.41) is 13.3. The molecule has 0 saturated heterocycles. The molecule has 0 aromatic heterocycles. The van der Waals surface area contributed by atoms with E-state index in [2.05, 4.69) is 59.9 Å². The van der Waals surface area contributed by atoms with Crippen LogP contribution in [0.2, 0.25) is 0 Å². The minimum atomic E-state index is 0.197. The molecule has 0 atom stereocenters. The van der Waals surface area contributed by atoms with Crippen LogP contribution in [-0.2, 0) is 10.8 Å². The lowest BCUT2D eigenvalue weighted by molar-refractivity contribution is 0.332. The molecule has 0 unspecified atom stereocenters. The van der Waals surface area contributed by atoms with Gasteiger partial charge in [0.15, 0.2) is 0 Å². The molecule has 2 nitrogen and oxygen atoms in total. The Morgan fingerprint density at radius 2 is 1.50 bits per heavy atom. The molecule has 3 rings (SSSR count). The number of phenolic OH excluding ortho intramolecular Hbond substituents is 1. The second-order valence-electron chi connectivity index (χ2n) is 8.60. The number of hydrogen-bond donors (Lipinski definition) is 2. The zero-order valence-corrected chi connectivity index (χ0v) is 15.7. The Morgan fingerprint density at radius 1 is 0.917 bits per heavy atom. The fraction of sp³-hybridized carbons (Fsp3) is 0.429. The fourth-order valence-electron chi connectivity index (χ4n) is 3.75.